The zero-order valence-electron chi connectivity index (χ0n) is 12.5. The van der Waals surface area contributed by atoms with Crippen molar-refractivity contribution in [2.24, 2.45) is 0 Å². The fraction of sp³-hybridized carbons (Fsp3) is 0.643. The molecule has 2 rings (SSSR count). The molecule has 1 aromatic rings. The summed E-state index contributed by atoms with van der Waals surface area (Å²) < 4.78 is 0. The molecule has 2 heterocycles. The maximum absolute atomic E-state index is 12.4. The van der Waals surface area contributed by atoms with Gasteiger partial charge in [-0.25, -0.2) is 0 Å². The van der Waals surface area contributed by atoms with Gasteiger partial charge in [-0.3, -0.25) is 9.69 Å². The zero-order valence-corrected chi connectivity index (χ0v) is 12.5. The van der Waals surface area contributed by atoms with Gasteiger partial charge in [-0.1, -0.05) is 6.92 Å². The Morgan fingerprint density at radius 3 is 2.75 bits per heavy atom. The lowest BCUT2D eigenvalue weighted by molar-refractivity contribution is 0.0535. The molecule has 0 saturated carbocycles. The maximum Gasteiger partial charge on any atom is 0.274 e. The summed E-state index contributed by atoms with van der Waals surface area (Å²) in [6, 6.07) is 3.98. The van der Waals surface area contributed by atoms with Gasteiger partial charge in [0.05, 0.1) is 0 Å². The highest BCUT2D eigenvalue weighted by Crippen LogP contribution is 2.13. The van der Waals surface area contributed by atoms with Crippen LogP contribution in [0.25, 0.3) is 0 Å². The minimum Gasteiger partial charge on any atom is -0.369 e. The molecule has 1 aliphatic heterocycles. The molecule has 1 fully saturated rings. The van der Waals surface area contributed by atoms with Crippen LogP contribution >= 0.6 is 0 Å². The number of piperazine rings is 1. The maximum atomic E-state index is 12.4. The number of rotatable bonds is 4. The first-order chi connectivity index (χ1) is 9.65. The lowest BCUT2D eigenvalue weighted by atomic mass is 10.1. The summed E-state index contributed by atoms with van der Waals surface area (Å²) >= 11 is 0. The van der Waals surface area contributed by atoms with Crippen LogP contribution in [0.15, 0.2) is 12.1 Å². The van der Waals surface area contributed by atoms with Crippen molar-refractivity contribution in [3.8, 4) is 0 Å². The van der Waals surface area contributed by atoms with Crippen molar-refractivity contribution in [2.45, 2.75) is 26.3 Å². The van der Waals surface area contributed by atoms with Gasteiger partial charge in [-0.2, -0.15) is 0 Å². The lowest BCUT2D eigenvalue weighted by Crippen LogP contribution is -2.53. The molecule has 1 saturated heterocycles. The predicted octanol–water partition coefficient (Wildman–Crippen LogP) is 1.07. The molecule has 1 atom stereocenters. The van der Waals surface area contributed by atoms with Gasteiger partial charge in [0, 0.05) is 32.2 Å². The van der Waals surface area contributed by atoms with E-state index < -0.39 is 0 Å². The summed E-state index contributed by atoms with van der Waals surface area (Å²) in [4.78, 5) is 16.6. The number of nitrogens with one attached hydrogen (secondary N) is 1. The van der Waals surface area contributed by atoms with Gasteiger partial charge in [0.2, 0.25) is 0 Å². The predicted molar refractivity (Wildman–Crippen MR) is 78.8 cm³/mol. The SMILES string of the molecule is CCNc1ccc(C(=O)N2CCN(C)C(CC)C2)nn1. The molecule has 0 aliphatic carbocycles. The molecular formula is C14H23N5O. The van der Waals surface area contributed by atoms with Gasteiger partial charge in [0.1, 0.15) is 5.82 Å². The van der Waals surface area contributed by atoms with Crippen LogP contribution in [0.3, 0.4) is 0 Å². The first kappa shape index (κ1) is 14.7. The first-order valence-corrected chi connectivity index (χ1v) is 7.22. The zero-order chi connectivity index (χ0) is 14.5. The molecule has 0 spiro atoms. The minimum atomic E-state index is -0.0212. The van der Waals surface area contributed by atoms with Gasteiger partial charge < -0.3 is 10.2 Å². The average molecular weight is 277 g/mol. The van der Waals surface area contributed by atoms with E-state index in [0.717, 1.165) is 32.6 Å². The Morgan fingerprint density at radius 2 is 2.15 bits per heavy atom. The van der Waals surface area contributed by atoms with Crippen LogP contribution in [0.2, 0.25) is 0 Å². The van der Waals surface area contributed by atoms with Gasteiger partial charge in [0.25, 0.3) is 5.91 Å². The molecule has 1 unspecified atom stereocenters. The number of hydrogen-bond donors (Lipinski definition) is 1. The van der Waals surface area contributed by atoms with E-state index in [1.54, 1.807) is 12.1 Å². The summed E-state index contributed by atoms with van der Waals surface area (Å²) in [7, 11) is 2.11. The molecule has 1 N–H and O–H groups in total. The third kappa shape index (κ3) is 3.25. The van der Waals surface area contributed by atoms with E-state index in [4.69, 9.17) is 0 Å². The largest absolute Gasteiger partial charge is 0.369 e. The average Bonchev–Trinajstić information content (AvgIpc) is 2.48. The molecule has 0 radical (unpaired) electrons. The fourth-order valence-corrected chi connectivity index (χ4v) is 2.46. The fourth-order valence-electron chi connectivity index (χ4n) is 2.46. The third-order valence-electron chi connectivity index (χ3n) is 3.78. The van der Waals surface area contributed by atoms with Crippen LogP contribution < -0.4 is 5.32 Å². The van der Waals surface area contributed by atoms with Crippen LogP contribution in [0, 0.1) is 0 Å². The summed E-state index contributed by atoms with van der Waals surface area (Å²) in [5.41, 5.74) is 0.422. The summed E-state index contributed by atoms with van der Waals surface area (Å²) in [5.74, 6) is 0.681. The molecule has 0 aromatic carbocycles. The number of amides is 1. The van der Waals surface area contributed by atoms with Crippen molar-refractivity contribution in [1.29, 1.82) is 0 Å². The Labute approximate surface area is 120 Å². The van der Waals surface area contributed by atoms with Gasteiger partial charge >= 0.3 is 0 Å². The van der Waals surface area contributed by atoms with Crippen LogP contribution in [0.1, 0.15) is 30.8 Å². The van der Waals surface area contributed by atoms with Crippen LogP contribution in [0.4, 0.5) is 5.82 Å². The van der Waals surface area contributed by atoms with Crippen molar-refractivity contribution >= 4 is 11.7 Å². The Balaban J connectivity index is 2.03. The molecule has 1 amide bonds. The molecular weight excluding hydrogens is 254 g/mol. The molecule has 1 aromatic heterocycles. The van der Waals surface area contributed by atoms with E-state index in [1.165, 1.54) is 0 Å². The third-order valence-corrected chi connectivity index (χ3v) is 3.78. The Hall–Kier alpha value is -1.69. The highest BCUT2D eigenvalue weighted by molar-refractivity contribution is 5.92. The number of hydrogen-bond acceptors (Lipinski definition) is 5. The molecule has 0 bridgehead atoms. The van der Waals surface area contributed by atoms with E-state index in [0.29, 0.717) is 17.6 Å². The Kier molecular flexibility index (Phi) is 4.89. The second kappa shape index (κ2) is 6.65. The van der Waals surface area contributed by atoms with Gasteiger partial charge in [0.15, 0.2) is 5.69 Å². The van der Waals surface area contributed by atoms with E-state index >= 15 is 0 Å². The number of likely N-dealkylation sites (N-methyl/N-ethyl adjacent to an activating group) is 1. The number of aromatic nitrogens is 2. The second-order valence-electron chi connectivity index (χ2n) is 5.13. The minimum absolute atomic E-state index is 0.0212. The number of anilines is 1. The highest BCUT2D eigenvalue weighted by atomic mass is 16.2. The number of nitrogens with zero attached hydrogens (tertiary/aromatic N) is 4. The Morgan fingerprint density at radius 1 is 1.35 bits per heavy atom. The molecule has 20 heavy (non-hydrogen) atoms. The number of carbonyl (C=O) groups excluding carboxylic acids is 1. The standard InChI is InChI=1S/C14H23N5O/c1-4-11-10-19(9-8-18(11)3)14(20)12-6-7-13(15-5-2)17-16-12/h6-7,11H,4-5,8-10H2,1-3H3,(H,15,17). The lowest BCUT2D eigenvalue weighted by Gasteiger charge is -2.38. The topological polar surface area (TPSA) is 61.4 Å². The van der Waals surface area contributed by atoms with Crippen molar-refractivity contribution in [2.75, 3.05) is 38.5 Å². The molecule has 6 nitrogen and oxygen atoms in total. The van der Waals surface area contributed by atoms with Crippen molar-refractivity contribution in [3.63, 3.8) is 0 Å². The van der Waals surface area contributed by atoms with Crippen molar-refractivity contribution in [1.82, 2.24) is 20.0 Å². The number of carbonyl (C=O) groups is 1. The monoisotopic (exact) mass is 277 g/mol. The van der Waals surface area contributed by atoms with E-state index in [1.807, 2.05) is 11.8 Å². The summed E-state index contributed by atoms with van der Waals surface area (Å²) in [5, 5.41) is 11.1. The normalized spacial score (nSPS) is 19.9. The quantitative estimate of drug-likeness (QED) is 0.892. The van der Waals surface area contributed by atoms with E-state index in [-0.39, 0.29) is 5.91 Å². The summed E-state index contributed by atoms with van der Waals surface area (Å²) in [6.45, 7) is 7.37. The molecule has 6 heteroatoms. The Bertz CT molecular complexity index is 447. The highest BCUT2D eigenvalue weighted by Gasteiger charge is 2.27. The van der Waals surface area contributed by atoms with Crippen molar-refractivity contribution in [3.05, 3.63) is 17.8 Å². The van der Waals surface area contributed by atoms with Crippen molar-refractivity contribution < 1.29 is 4.79 Å². The van der Waals surface area contributed by atoms with Gasteiger partial charge in [-0.05, 0) is 32.5 Å². The smallest absolute Gasteiger partial charge is 0.274 e. The first-order valence-electron chi connectivity index (χ1n) is 7.22. The van der Waals surface area contributed by atoms with Crippen LogP contribution in [0.5, 0.6) is 0 Å². The second-order valence-corrected chi connectivity index (χ2v) is 5.13. The molecule has 1 aliphatic rings. The van der Waals surface area contributed by atoms with E-state index in [2.05, 4.69) is 34.4 Å². The van der Waals surface area contributed by atoms with Crippen LogP contribution in [-0.2, 0) is 0 Å². The summed E-state index contributed by atoms with van der Waals surface area (Å²) in [6.07, 6.45) is 1.05. The van der Waals surface area contributed by atoms with Gasteiger partial charge in [-0.15, -0.1) is 10.2 Å². The van der Waals surface area contributed by atoms with Crippen LogP contribution in [-0.4, -0.2) is 65.2 Å². The van der Waals surface area contributed by atoms with E-state index in [9.17, 15) is 4.79 Å². The molecule has 110 valence electrons.